The molecule has 1 aliphatic heterocycles. The molecule has 1 amide bonds. The quantitative estimate of drug-likeness (QED) is 0.671. The van der Waals surface area contributed by atoms with E-state index < -0.39 is 0 Å². The van der Waals surface area contributed by atoms with Gasteiger partial charge < -0.3 is 9.80 Å². The molecule has 2 aromatic carbocycles. The Morgan fingerprint density at radius 3 is 2.25 bits per heavy atom. The lowest BCUT2D eigenvalue weighted by Crippen LogP contribution is -2.48. The number of carbonyl (C=O) groups excluding carboxylic acids is 1. The standard InChI is InChI=1S/C21H20ClFN4O/c1-15-19(20(22)27(24-15)18-9-7-16(23)8-10-18)21(28)26-13-11-25(12-14-26)17-5-3-2-4-6-17/h2-10H,11-14H2,1H3. The summed E-state index contributed by atoms with van der Waals surface area (Å²) in [6.45, 7) is 4.52. The van der Waals surface area contributed by atoms with Crippen LogP contribution in [0.15, 0.2) is 54.6 Å². The van der Waals surface area contributed by atoms with E-state index in [1.807, 2.05) is 23.1 Å². The molecule has 1 aliphatic rings. The van der Waals surface area contributed by atoms with Crippen LogP contribution in [0.3, 0.4) is 0 Å². The van der Waals surface area contributed by atoms with Crippen molar-refractivity contribution in [3.63, 3.8) is 0 Å². The number of para-hydroxylation sites is 1. The van der Waals surface area contributed by atoms with Gasteiger partial charge >= 0.3 is 0 Å². The summed E-state index contributed by atoms with van der Waals surface area (Å²) >= 11 is 6.49. The maximum atomic E-state index is 13.2. The van der Waals surface area contributed by atoms with Crippen LogP contribution < -0.4 is 4.90 Å². The molecule has 0 unspecified atom stereocenters. The minimum Gasteiger partial charge on any atom is -0.368 e. The molecule has 0 saturated carbocycles. The first-order valence-electron chi connectivity index (χ1n) is 9.15. The van der Waals surface area contributed by atoms with E-state index >= 15 is 0 Å². The van der Waals surface area contributed by atoms with Gasteiger partial charge in [-0.25, -0.2) is 9.07 Å². The Hall–Kier alpha value is -2.86. The average Bonchev–Trinajstić information content (AvgIpc) is 3.03. The fourth-order valence-corrected chi connectivity index (χ4v) is 3.81. The minimum atomic E-state index is -0.337. The van der Waals surface area contributed by atoms with Crippen molar-refractivity contribution in [1.29, 1.82) is 0 Å². The molecule has 0 aliphatic carbocycles. The zero-order chi connectivity index (χ0) is 19.7. The Morgan fingerprint density at radius 2 is 1.61 bits per heavy atom. The highest BCUT2D eigenvalue weighted by molar-refractivity contribution is 6.33. The van der Waals surface area contributed by atoms with E-state index in [0.717, 1.165) is 18.8 Å². The highest BCUT2D eigenvalue weighted by Gasteiger charge is 2.28. The van der Waals surface area contributed by atoms with E-state index in [4.69, 9.17) is 11.6 Å². The summed E-state index contributed by atoms with van der Waals surface area (Å²) in [5, 5.41) is 4.64. The van der Waals surface area contributed by atoms with Crippen LogP contribution in [0.2, 0.25) is 5.15 Å². The summed E-state index contributed by atoms with van der Waals surface area (Å²) < 4.78 is 14.7. The van der Waals surface area contributed by atoms with Crippen LogP contribution in [-0.4, -0.2) is 46.8 Å². The highest BCUT2D eigenvalue weighted by atomic mass is 35.5. The number of rotatable bonds is 3. The second-order valence-electron chi connectivity index (χ2n) is 6.75. The number of hydrogen-bond acceptors (Lipinski definition) is 3. The van der Waals surface area contributed by atoms with Gasteiger partial charge in [0.1, 0.15) is 11.0 Å². The number of piperazine rings is 1. The largest absolute Gasteiger partial charge is 0.368 e. The van der Waals surface area contributed by atoms with Crippen molar-refractivity contribution in [2.45, 2.75) is 6.92 Å². The number of aryl methyl sites for hydroxylation is 1. The van der Waals surface area contributed by atoms with Crippen molar-refractivity contribution >= 4 is 23.2 Å². The number of halogens is 2. The van der Waals surface area contributed by atoms with Gasteiger partial charge in [-0.3, -0.25) is 4.79 Å². The van der Waals surface area contributed by atoms with Gasteiger partial charge in [0.2, 0.25) is 0 Å². The lowest BCUT2D eigenvalue weighted by atomic mass is 10.2. The van der Waals surface area contributed by atoms with E-state index in [1.54, 1.807) is 19.1 Å². The number of aromatic nitrogens is 2. The molecule has 0 bridgehead atoms. The lowest BCUT2D eigenvalue weighted by molar-refractivity contribution is 0.0746. The molecule has 2 heterocycles. The Balaban J connectivity index is 1.52. The second kappa shape index (κ2) is 7.64. The van der Waals surface area contributed by atoms with Crippen LogP contribution in [0.1, 0.15) is 16.1 Å². The first kappa shape index (κ1) is 18.5. The van der Waals surface area contributed by atoms with Crippen molar-refractivity contribution in [3.8, 4) is 5.69 Å². The van der Waals surface area contributed by atoms with Gasteiger partial charge in [-0.2, -0.15) is 5.10 Å². The predicted octanol–water partition coefficient (Wildman–Crippen LogP) is 3.94. The Bertz CT molecular complexity index is 980. The zero-order valence-corrected chi connectivity index (χ0v) is 16.2. The van der Waals surface area contributed by atoms with E-state index in [0.29, 0.717) is 30.0 Å². The number of anilines is 1. The summed E-state index contributed by atoms with van der Waals surface area (Å²) in [6.07, 6.45) is 0. The van der Waals surface area contributed by atoms with Crippen LogP contribution in [-0.2, 0) is 0 Å². The maximum absolute atomic E-state index is 13.2. The summed E-state index contributed by atoms with van der Waals surface area (Å²) in [6, 6.07) is 16.0. The Morgan fingerprint density at radius 1 is 0.964 bits per heavy atom. The average molecular weight is 399 g/mol. The third-order valence-electron chi connectivity index (χ3n) is 4.98. The summed E-state index contributed by atoms with van der Waals surface area (Å²) in [4.78, 5) is 17.2. The molecule has 0 N–H and O–H groups in total. The third kappa shape index (κ3) is 3.47. The fourth-order valence-electron chi connectivity index (χ4n) is 3.46. The van der Waals surface area contributed by atoms with Gasteiger partial charge in [0, 0.05) is 31.9 Å². The van der Waals surface area contributed by atoms with Crippen molar-refractivity contribution < 1.29 is 9.18 Å². The van der Waals surface area contributed by atoms with E-state index in [9.17, 15) is 9.18 Å². The molecule has 5 nitrogen and oxygen atoms in total. The summed E-state index contributed by atoms with van der Waals surface area (Å²) in [5.74, 6) is -0.458. The fraction of sp³-hybridized carbons (Fsp3) is 0.238. The lowest BCUT2D eigenvalue weighted by Gasteiger charge is -2.36. The van der Waals surface area contributed by atoms with Crippen molar-refractivity contribution in [2.24, 2.45) is 0 Å². The number of amides is 1. The molecule has 0 atom stereocenters. The molecule has 3 aromatic rings. The monoisotopic (exact) mass is 398 g/mol. The molecule has 0 spiro atoms. The summed E-state index contributed by atoms with van der Waals surface area (Å²) in [7, 11) is 0. The van der Waals surface area contributed by atoms with Gasteiger partial charge in [0.25, 0.3) is 5.91 Å². The predicted molar refractivity (Wildman–Crippen MR) is 108 cm³/mol. The number of hydrogen-bond donors (Lipinski definition) is 0. The number of carbonyl (C=O) groups is 1. The van der Waals surface area contributed by atoms with Crippen LogP contribution >= 0.6 is 11.6 Å². The summed E-state index contributed by atoms with van der Waals surface area (Å²) in [5.41, 5.74) is 2.74. The molecular weight excluding hydrogens is 379 g/mol. The molecule has 144 valence electrons. The number of benzene rings is 2. The maximum Gasteiger partial charge on any atom is 0.259 e. The Labute approximate surface area is 167 Å². The molecule has 28 heavy (non-hydrogen) atoms. The van der Waals surface area contributed by atoms with Gasteiger partial charge in [-0.05, 0) is 43.3 Å². The normalized spacial score (nSPS) is 14.4. The zero-order valence-electron chi connectivity index (χ0n) is 15.5. The SMILES string of the molecule is Cc1nn(-c2ccc(F)cc2)c(Cl)c1C(=O)N1CCN(c2ccccc2)CC1. The van der Waals surface area contributed by atoms with E-state index in [1.165, 1.54) is 16.8 Å². The first-order chi connectivity index (χ1) is 13.5. The van der Waals surface area contributed by atoms with Crippen molar-refractivity contribution in [2.75, 3.05) is 31.1 Å². The highest BCUT2D eigenvalue weighted by Crippen LogP contribution is 2.26. The molecule has 7 heteroatoms. The van der Waals surface area contributed by atoms with Crippen molar-refractivity contribution in [3.05, 3.63) is 76.8 Å². The molecule has 1 aromatic heterocycles. The van der Waals surface area contributed by atoms with Crippen LogP contribution in [0.4, 0.5) is 10.1 Å². The van der Waals surface area contributed by atoms with Crippen LogP contribution in [0.5, 0.6) is 0 Å². The van der Waals surface area contributed by atoms with E-state index in [2.05, 4.69) is 22.1 Å². The Kier molecular flexibility index (Phi) is 5.05. The van der Waals surface area contributed by atoms with Gasteiger partial charge in [0.05, 0.1) is 16.9 Å². The smallest absolute Gasteiger partial charge is 0.259 e. The molecule has 4 rings (SSSR count). The van der Waals surface area contributed by atoms with Gasteiger partial charge in [0.15, 0.2) is 0 Å². The molecule has 1 fully saturated rings. The van der Waals surface area contributed by atoms with Crippen LogP contribution in [0.25, 0.3) is 5.69 Å². The van der Waals surface area contributed by atoms with E-state index in [-0.39, 0.29) is 16.9 Å². The number of nitrogens with zero attached hydrogens (tertiary/aromatic N) is 4. The minimum absolute atomic E-state index is 0.122. The first-order valence-corrected chi connectivity index (χ1v) is 9.53. The third-order valence-corrected chi connectivity index (χ3v) is 5.33. The van der Waals surface area contributed by atoms with Crippen LogP contribution in [0, 0.1) is 12.7 Å². The second-order valence-corrected chi connectivity index (χ2v) is 7.11. The topological polar surface area (TPSA) is 41.4 Å². The van der Waals surface area contributed by atoms with Gasteiger partial charge in [-0.15, -0.1) is 0 Å². The molecule has 0 radical (unpaired) electrons. The molecular formula is C21H20ClFN4O. The van der Waals surface area contributed by atoms with Gasteiger partial charge in [-0.1, -0.05) is 29.8 Å². The molecule has 1 saturated heterocycles. The van der Waals surface area contributed by atoms with Crippen molar-refractivity contribution in [1.82, 2.24) is 14.7 Å².